The zero-order valence-corrected chi connectivity index (χ0v) is 13.3. The first kappa shape index (κ1) is 16.4. The van der Waals surface area contributed by atoms with Crippen LogP contribution in [0.25, 0.3) is 0 Å². The average molecular weight is 336 g/mol. The van der Waals surface area contributed by atoms with Gasteiger partial charge in [0, 0.05) is 18.1 Å². The third-order valence-electron chi connectivity index (χ3n) is 3.39. The number of amides is 2. The van der Waals surface area contributed by atoms with E-state index in [1.54, 1.807) is 24.3 Å². The van der Waals surface area contributed by atoms with E-state index in [-0.39, 0.29) is 24.7 Å². The van der Waals surface area contributed by atoms with Crippen molar-refractivity contribution in [1.29, 1.82) is 0 Å². The molecule has 0 fully saturated rings. The molecule has 126 valence electrons. The van der Waals surface area contributed by atoms with Gasteiger partial charge < -0.3 is 14.6 Å². The Labute approximate surface area is 144 Å². The molecule has 7 heteroatoms. The summed E-state index contributed by atoms with van der Waals surface area (Å²) in [5.41, 5.74) is 0.832. The predicted molar refractivity (Wildman–Crippen MR) is 90.6 cm³/mol. The lowest BCUT2D eigenvalue weighted by Gasteiger charge is -2.20. The Bertz CT molecular complexity index is 820. The normalized spacial score (nSPS) is 10.2. The smallest absolute Gasteiger partial charge is 0.274 e. The third kappa shape index (κ3) is 4.51. The van der Waals surface area contributed by atoms with Gasteiger partial charge in [-0.05, 0) is 24.3 Å². The maximum Gasteiger partial charge on any atom is 0.274 e. The number of hydrogen-bond donors (Lipinski definition) is 1. The maximum absolute atomic E-state index is 12.7. The average Bonchev–Trinajstić information content (AvgIpc) is 3.15. The minimum Gasteiger partial charge on any atom is -0.467 e. The summed E-state index contributed by atoms with van der Waals surface area (Å²) in [7, 11) is 0. The second-order valence-corrected chi connectivity index (χ2v) is 5.25. The molecule has 0 aliphatic rings. The number of rotatable bonds is 6. The Kier molecular flexibility index (Phi) is 5.16. The fourth-order valence-corrected chi connectivity index (χ4v) is 2.26. The summed E-state index contributed by atoms with van der Waals surface area (Å²) in [5, 5.41) is 2.76. The zero-order valence-electron chi connectivity index (χ0n) is 13.3. The Morgan fingerprint density at radius 1 is 1.08 bits per heavy atom. The van der Waals surface area contributed by atoms with E-state index in [0.29, 0.717) is 11.4 Å². The standard InChI is InChI=1S/C18H16N4O3/c23-17(21-14-5-2-1-3-6-14)13-22(12-15-7-4-10-25-15)18(24)16-11-19-8-9-20-16/h1-11H,12-13H2,(H,21,23). The molecule has 3 aromatic rings. The van der Waals surface area contributed by atoms with Gasteiger partial charge in [-0.15, -0.1) is 0 Å². The summed E-state index contributed by atoms with van der Waals surface area (Å²) in [6.07, 6.45) is 5.80. The molecule has 25 heavy (non-hydrogen) atoms. The van der Waals surface area contributed by atoms with Gasteiger partial charge in [-0.1, -0.05) is 18.2 Å². The summed E-state index contributed by atoms with van der Waals surface area (Å²) in [6, 6.07) is 12.5. The van der Waals surface area contributed by atoms with E-state index >= 15 is 0 Å². The van der Waals surface area contributed by atoms with Crippen LogP contribution < -0.4 is 5.32 Å². The van der Waals surface area contributed by atoms with Gasteiger partial charge in [0.05, 0.1) is 19.0 Å². The lowest BCUT2D eigenvalue weighted by atomic mass is 10.3. The van der Waals surface area contributed by atoms with Crippen molar-refractivity contribution in [1.82, 2.24) is 14.9 Å². The highest BCUT2D eigenvalue weighted by Crippen LogP contribution is 2.10. The van der Waals surface area contributed by atoms with Gasteiger partial charge in [-0.3, -0.25) is 14.6 Å². The highest BCUT2D eigenvalue weighted by molar-refractivity contribution is 5.98. The number of anilines is 1. The number of benzene rings is 1. The van der Waals surface area contributed by atoms with Crippen LogP contribution in [-0.2, 0) is 11.3 Å². The second kappa shape index (κ2) is 7.87. The molecular formula is C18H16N4O3. The monoisotopic (exact) mass is 336 g/mol. The van der Waals surface area contributed by atoms with Crippen LogP contribution in [0, 0.1) is 0 Å². The molecule has 2 amide bonds. The molecule has 0 saturated carbocycles. The van der Waals surface area contributed by atoms with Crippen LogP contribution in [-0.4, -0.2) is 33.2 Å². The molecule has 3 rings (SSSR count). The van der Waals surface area contributed by atoms with Crippen molar-refractivity contribution in [3.05, 3.63) is 78.8 Å². The van der Waals surface area contributed by atoms with Crippen molar-refractivity contribution in [3.8, 4) is 0 Å². The van der Waals surface area contributed by atoms with Crippen molar-refractivity contribution in [2.75, 3.05) is 11.9 Å². The predicted octanol–water partition coefficient (Wildman–Crippen LogP) is 2.35. The molecule has 2 aromatic heterocycles. The van der Waals surface area contributed by atoms with E-state index in [9.17, 15) is 9.59 Å². The van der Waals surface area contributed by atoms with Gasteiger partial charge >= 0.3 is 0 Å². The van der Waals surface area contributed by atoms with Crippen LogP contribution in [0.4, 0.5) is 5.69 Å². The SMILES string of the molecule is O=C(CN(Cc1ccco1)C(=O)c1cnccn1)Nc1ccccc1. The number of hydrogen-bond acceptors (Lipinski definition) is 5. The first-order valence-electron chi connectivity index (χ1n) is 7.65. The lowest BCUT2D eigenvalue weighted by Crippen LogP contribution is -2.38. The van der Waals surface area contributed by atoms with Gasteiger partial charge in [-0.2, -0.15) is 0 Å². The molecule has 0 atom stereocenters. The molecule has 1 aromatic carbocycles. The van der Waals surface area contributed by atoms with E-state index in [0.717, 1.165) is 0 Å². The number of furan rings is 1. The van der Waals surface area contributed by atoms with Gasteiger partial charge in [0.1, 0.15) is 18.0 Å². The summed E-state index contributed by atoms with van der Waals surface area (Å²) >= 11 is 0. The number of para-hydroxylation sites is 1. The molecule has 2 heterocycles. The van der Waals surface area contributed by atoms with Crippen LogP contribution in [0.15, 0.2) is 71.7 Å². The molecular weight excluding hydrogens is 320 g/mol. The van der Waals surface area contributed by atoms with E-state index in [4.69, 9.17) is 4.42 Å². The topological polar surface area (TPSA) is 88.3 Å². The van der Waals surface area contributed by atoms with E-state index < -0.39 is 5.91 Å². The van der Waals surface area contributed by atoms with E-state index in [2.05, 4.69) is 15.3 Å². The lowest BCUT2D eigenvalue weighted by molar-refractivity contribution is -0.117. The number of carbonyl (C=O) groups excluding carboxylic acids is 2. The van der Waals surface area contributed by atoms with E-state index in [1.807, 2.05) is 18.2 Å². The van der Waals surface area contributed by atoms with Crippen molar-refractivity contribution in [2.24, 2.45) is 0 Å². The minimum absolute atomic E-state index is 0.134. The molecule has 0 radical (unpaired) electrons. The van der Waals surface area contributed by atoms with Crippen LogP contribution >= 0.6 is 0 Å². The molecule has 1 N–H and O–H groups in total. The zero-order chi connectivity index (χ0) is 17.5. The van der Waals surface area contributed by atoms with Gasteiger partial charge in [0.2, 0.25) is 5.91 Å². The third-order valence-corrected chi connectivity index (χ3v) is 3.39. The fourth-order valence-electron chi connectivity index (χ4n) is 2.26. The van der Waals surface area contributed by atoms with Crippen molar-refractivity contribution in [3.63, 3.8) is 0 Å². The number of carbonyl (C=O) groups is 2. The van der Waals surface area contributed by atoms with Crippen LogP contribution in [0.5, 0.6) is 0 Å². The molecule has 0 bridgehead atoms. The summed E-state index contributed by atoms with van der Waals surface area (Å²) in [5.74, 6) is -0.132. The van der Waals surface area contributed by atoms with E-state index in [1.165, 1.54) is 29.8 Å². The summed E-state index contributed by atoms with van der Waals surface area (Å²) in [4.78, 5) is 34.2. The highest BCUT2D eigenvalue weighted by Gasteiger charge is 2.21. The quantitative estimate of drug-likeness (QED) is 0.746. The summed E-state index contributed by atoms with van der Waals surface area (Å²) in [6.45, 7) is 0.0234. The number of nitrogens with zero attached hydrogens (tertiary/aromatic N) is 3. The van der Waals surface area contributed by atoms with Crippen molar-refractivity contribution in [2.45, 2.75) is 6.54 Å². The van der Waals surface area contributed by atoms with Crippen LogP contribution in [0.2, 0.25) is 0 Å². The first-order valence-corrected chi connectivity index (χ1v) is 7.65. The largest absolute Gasteiger partial charge is 0.467 e. The highest BCUT2D eigenvalue weighted by atomic mass is 16.3. The minimum atomic E-state index is -0.396. The Morgan fingerprint density at radius 2 is 1.92 bits per heavy atom. The van der Waals surface area contributed by atoms with Crippen LogP contribution in [0.3, 0.4) is 0 Å². The van der Waals surface area contributed by atoms with Crippen molar-refractivity contribution >= 4 is 17.5 Å². The molecule has 0 unspecified atom stereocenters. The number of nitrogens with one attached hydrogen (secondary N) is 1. The first-order chi connectivity index (χ1) is 12.2. The van der Waals surface area contributed by atoms with Gasteiger partial charge in [-0.25, -0.2) is 4.98 Å². The van der Waals surface area contributed by atoms with Gasteiger partial charge in [0.25, 0.3) is 5.91 Å². The van der Waals surface area contributed by atoms with Crippen LogP contribution in [0.1, 0.15) is 16.2 Å². The molecule has 7 nitrogen and oxygen atoms in total. The molecule has 0 spiro atoms. The second-order valence-electron chi connectivity index (χ2n) is 5.25. The van der Waals surface area contributed by atoms with Gasteiger partial charge in [0.15, 0.2) is 0 Å². The molecule has 0 aliphatic heterocycles. The number of aromatic nitrogens is 2. The fraction of sp³-hybridized carbons (Fsp3) is 0.111. The maximum atomic E-state index is 12.7. The molecule has 0 saturated heterocycles. The summed E-state index contributed by atoms with van der Waals surface area (Å²) < 4.78 is 5.29. The Balaban J connectivity index is 1.74. The van der Waals surface area contributed by atoms with Crippen molar-refractivity contribution < 1.29 is 14.0 Å². The Morgan fingerprint density at radius 3 is 2.60 bits per heavy atom. The Hall–Kier alpha value is -3.48. The molecule has 0 aliphatic carbocycles.